The van der Waals surface area contributed by atoms with Crippen molar-refractivity contribution in [2.45, 2.75) is 45.2 Å². The van der Waals surface area contributed by atoms with Crippen molar-refractivity contribution in [2.75, 3.05) is 20.2 Å². The molecule has 1 aliphatic carbocycles. The number of nitrogens with one attached hydrogen (secondary N) is 1. The Balaban J connectivity index is 1.46. The third-order valence-electron chi connectivity index (χ3n) is 5.79. The average Bonchev–Trinajstić information content (AvgIpc) is 3.43. The zero-order valence-electron chi connectivity index (χ0n) is 17.3. The fraction of sp³-hybridized carbons (Fsp3) is 0.500. The number of carbonyl (C=O) groups is 2. The molecule has 154 valence electrons. The zero-order valence-corrected chi connectivity index (χ0v) is 17.3. The van der Waals surface area contributed by atoms with E-state index < -0.39 is 5.41 Å². The molecule has 1 aromatic heterocycles. The molecule has 4 rings (SSSR count). The molecule has 1 fully saturated rings. The van der Waals surface area contributed by atoms with Crippen molar-refractivity contribution in [1.82, 2.24) is 20.0 Å². The van der Waals surface area contributed by atoms with Crippen molar-refractivity contribution in [3.8, 4) is 5.75 Å². The first-order valence-electron chi connectivity index (χ1n) is 10.2. The van der Waals surface area contributed by atoms with E-state index in [4.69, 9.17) is 4.74 Å². The van der Waals surface area contributed by atoms with Gasteiger partial charge in [-0.15, -0.1) is 0 Å². The van der Waals surface area contributed by atoms with Crippen LogP contribution in [0.2, 0.25) is 0 Å². The second-order valence-electron chi connectivity index (χ2n) is 8.39. The Labute approximate surface area is 171 Å². The van der Waals surface area contributed by atoms with Crippen LogP contribution in [-0.4, -0.2) is 46.7 Å². The lowest BCUT2D eigenvalue weighted by atomic mass is 9.94. The van der Waals surface area contributed by atoms with Crippen LogP contribution >= 0.6 is 0 Å². The number of methoxy groups -OCH3 is 1. The second-order valence-corrected chi connectivity index (χ2v) is 8.39. The normalized spacial score (nSPS) is 17.0. The molecular weight excluding hydrogens is 368 g/mol. The Bertz CT molecular complexity index is 913. The summed E-state index contributed by atoms with van der Waals surface area (Å²) in [7, 11) is 1.64. The van der Waals surface area contributed by atoms with Crippen LogP contribution in [0.25, 0.3) is 0 Å². The van der Waals surface area contributed by atoms with Gasteiger partial charge in [0.1, 0.15) is 5.75 Å². The maximum Gasteiger partial charge on any atom is 0.271 e. The highest BCUT2D eigenvalue weighted by Crippen LogP contribution is 2.50. The lowest BCUT2D eigenvalue weighted by Crippen LogP contribution is -2.43. The maximum atomic E-state index is 13.4. The third kappa shape index (κ3) is 3.73. The third-order valence-corrected chi connectivity index (χ3v) is 5.79. The number of rotatable bonds is 6. The molecule has 7 nitrogen and oxygen atoms in total. The molecule has 7 heteroatoms. The van der Waals surface area contributed by atoms with Crippen LogP contribution in [0.1, 0.15) is 48.4 Å². The highest BCUT2D eigenvalue weighted by Gasteiger charge is 2.53. The van der Waals surface area contributed by atoms with Gasteiger partial charge in [-0.3, -0.25) is 14.3 Å². The quantitative estimate of drug-likeness (QED) is 0.813. The van der Waals surface area contributed by atoms with Gasteiger partial charge in [-0.2, -0.15) is 5.10 Å². The SMILES string of the molecule is COc1ccc(C2(C(=O)N3CCn4nc(C(=O)NCC(C)C)cc4C3)CC2)cc1. The largest absolute Gasteiger partial charge is 0.497 e. The van der Waals surface area contributed by atoms with E-state index in [1.54, 1.807) is 7.11 Å². The van der Waals surface area contributed by atoms with Crippen molar-refractivity contribution < 1.29 is 14.3 Å². The van der Waals surface area contributed by atoms with E-state index in [1.807, 2.05) is 39.9 Å². The van der Waals surface area contributed by atoms with E-state index in [0.29, 0.717) is 37.8 Å². The molecule has 1 N–H and O–H groups in total. The highest BCUT2D eigenvalue weighted by atomic mass is 16.5. The Morgan fingerprint density at radius 3 is 2.55 bits per heavy atom. The molecule has 2 heterocycles. The van der Waals surface area contributed by atoms with E-state index in [0.717, 1.165) is 29.8 Å². The summed E-state index contributed by atoms with van der Waals surface area (Å²) in [6.45, 7) is 6.43. The van der Waals surface area contributed by atoms with E-state index in [-0.39, 0.29) is 11.8 Å². The topological polar surface area (TPSA) is 76.5 Å². The standard InChI is InChI=1S/C22H28N4O3/c1-15(2)13-23-20(27)19-12-17-14-25(10-11-26(17)24-19)21(28)22(8-9-22)16-4-6-18(29-3)7-5-16/h4-7,12,15H,8-11,13-14H2,1-3H3,(H,23,27). The van der Waals surface area contributed by atoms with Crippen molar-refractivity contribution in [3.05, 3.63) is 47.3 Å². The van der Waals surface area contributed by atoms with Crippen LogP contribution in [0.3, 0.4) is 0 Å². The molecule has 2 amide bonds. The van der Waals surface area contributed by atoms with E-state index in [1.165, 1.54) is 0 Å². The number of benzene rings is 1. The maximum absolute atomic E-state index is 13.4. The monoisotopic (exact) mass is 396 g/mol. The number of fused-ring (bicyclic) bond motifs is 1. The van der Waals surface area contributed by atoms with Gasteiger partial charge < -0.3 is 15.0 Å². The molecule has 29 heavy (non-hydrogen) atoms. The predicted octanol–water partition coefficient (Wildman–Crippen LogP) is 2.35. The van der Waals surface area contributed by atoms with Crippen molar-refractivity contribution in [3.63, 3.8) is 0 Å². The van der Waals surface area contributed by atoms with Gasteiger partial charge in [0.15, 0.2) is 5.69 Å². The molecule has 0 unspecified atom stereocenters. The number of ether oxygens (including phenoxy) is 1. The van der Waals surface area contributed by atoms with Crippen molar-refractivity contribution in [2.24, 2.45) is 5.92 Å². The Hall–Kier alpha value is -2.83. The van der Waals surface area contributed by atoms with E-state index in [9.17, 15) is 9.59 Å². The number of hydrogen-bond donors (Lipinski definition) is 1. The van der Waals surface area contributed by atoms with Gasteiger partial charge in [0.2, 0.25) is 5.91 Å². The summed E-state index contributed by atoms with van der Waals surface area (Å²) in [5.74, 6) is 1.19. The summed E-state index contributed by atoms with van der Waals surface area (Å²) >= 11 is 0. The first-order valence-corrected chi connectivity index (χ1v) is 10.2. The molecular formula is C22H28N4O3. The van der Waals surface area contributed by atoms with Crippen LogP contribution in [0, 0.1) is 5.92 Å². The smallest absolute Gasteiger partial charge is 0.271 e. The summed E-state index contributed by atoms with van der Waals surface area (Å²) in [6, 6.07) is 9.62. The van der Waals surface area contributed by atoms with Gasteiger partial charge in [0.05, 0.1) is 31.3 Å². The highest BCUT2D eigenvalue weighted by molar-refractivity contribution is 5.93. The summed E-state index contributed by atoms with van der Waals surface area (Å²) in [5.41, 5.74) is 1.97. The molecule has 0 atom stereocenters. The van der Waals surface area contributed by atoms with Crippen molar-refractivity contribution in [1.29, 1.82) is 0 Å². The molecule has 2 aliphatic rings. The van der Waals surface area contributed by atoms with Gasteiger partial charge in [-0.25, -0.2) is 0 Å². The molecule has 0 spiro atoms. The van der Waals surface area contributed by atoms with Gasteiger partial charge >= 0.3 is 0 Å². The summed E-state index contributed by atoms with van der Waals surface area (Å²) in [5, 5.41) is 7.33. The van der Waals surface area contributed by atoms with Crippen LogP contribution in [0.5, 0.6) is 5.75 Å². The fourth-order valence-corrected chi connectivity index (χ4v) is 3.90. The first kappa shape index (κ1) is 19.5. The lowest BCUT2D eigenvalue weighted by molar-refractivity contribution is -0.135. The zero-order chi connectivity index (χ0) is 20.6. The number of aromatic nitrogens is 2. The average molecular weight is 396 g/mol. The number of amides is 2. The van der Waals surface area contributed by atoms with Gasteiger partial charge in [-0.05, 0) is 42.5 Å². The number of carbonyl (C=O) groups excluding carboxylic acids is 2. The van der Waals surface area contributed by atoms with Crippen LogP contribution in [0.4, 0.5) is 0 Å². The van der Waals surface area contributed by atoms with Crippen LogP contribution in [0.15, 0.2) is 30.3 Å². The number of nitrogens with zero attached hydrogens (tertiary/aromatic N) is 3. The minimum atomic E-state index is -0.411. The van der Waals surface area contributed by atoms with E-state index in [2.05, 4.69) is 24.3 Å². The molecule has 1 aliphatic heterocycles. The molecule has 0 radical (unpaired) electrons. The minimum Gasteiger partial charge on any atom is -0.497 e. The fourth-order valence-electron chi connectivity index (χ4n) is 3.90. The van der Waals surface area contributed by atoms with Gasteiger partial charge in [0.25, 0.3) is 5.91 Å². The lowest BCUT2D eigenvalue weighted by Gasteiger charge is -2.31. The number of hydrogen-bond acceptors (Lipinski definition) is 4. The summed E-state index contributed by atoms with van der Waals surface area (Å²) < 4.78 is 7.08. The Kier molecular flexibility index (Phi) is 5.06. The van der Waals surface area contributed by atoms with Crippen LogP contribution < -0.4 is 10.1 Å². The molecule has 2 aromatic rings. The van der Waals surface area contributed by atoms with Gasteiger partial charge in [0, 0.05) is 13.1 Å². The molecule has 1 aromatic carbocycles. The molecule has 0 saturated heterocycles. The van der Waals surface area contributed by atoms with E-state index >= 15 is 0 Å². The minimum absolute atomic E-state index is 0.157. The Morgan fingerprint density at radius 2 is 1.93 bits per heavy atom. The summed E-state index contributed by atoms with van der Waals surface area (Å²) in [6.07, 6.45) is 1.74. The van der Waals surface area contributed by atoms with Crippen LogP contribution in [-0.2, 0) is 23.3 Å². The van der Waals surface area contributed by atoms with Gasteiger partial charge in [-0.1, -0.05) is 26.0 Å². The first-order chi connectivity index (χ1) is 13.9. The predicted molar refractivity (Wildman–Crippen MR) is 109 cm³/mol. The molecule has 0 bridgehead atoms. The molecule has 1 saturated carbocycles. The van der Waals surface area contributed by atoms with Crippen molar-refractivity contribution >= 4 is 11.8 Å². The second kappa shape index (κ2) is 7.54. The Morgan fingerprint density at radius 1 is 1.21 bits per heavy atom. The summed E-state index contributed by atoms with van der Waals surface area (Å²) in [4.78, 5) is 27.6.